The number of carbonyl (C=O) groups excluding carboxylic acids is 1. The molecule has 0 aromatic carbocycles. The lowest BCUT2D eigenvalue weighted by Crippen LogP contribution is -2.35. The Morgan fingerprint density at radius 2 is 2.41 bits per heavy atom. The van der Waals surface area contributed by atoms with E-state index in [2.05, 4.69) is 17.2 Å². The molecule has 1 atom stereocenters. The molecule has 0 radical (unpaired) electrons. The van der Waals surface area contributed by atoms with Crippen LogP contribution in [0.5, 0.6) is 0 Å². The third-order valence-electron chi connectivity index (χ3n) is 3.38. The summed E-state index contributed by atoms with van der Waals surface area (Å²) < 4.78 is 0. The second kappa shape index (κ2) is 5.17. The van der Waals surface area contributed by atoms with Crippen LogP contribution in [0, 0.1) is 0 Å². The molecule has 1 unspecified atom stereocenters. The van der Waals surface area contributed by atoms with Crippen LogP contribution in [0.3, 0.4) is 0 Å². The average Bonchev–Trinajstić information content (AvgIpc) is 2.86. The van der Waals surface area contributed by atoms with E-state index in [0.717, 1.165) is 31.5 Å². The molecule has 1 aromatic rings. The first kappa shape index (κ1) is 11.9. The van der Waals surface area contributed by atoms with Crippen LogP contribution < -0.4 is 5.32 Å². The monoisotopic (exact) mass is 233 g/mol. The first-order valence-corrected chi connectivity index (χ1v) is 6.21. The van der Waals surface area contributed by atoms with Gasteiger partial charge in [-0.25, -0.2) is 4.98 Å². The van der Waals surface area contributed by atoms with E-state index in [1.807, 2.05) is 18.0 Å². The lowest BCUT2D eigenvalue weighted by molar-refractivity contribution is 0.0728. The number of likely N-dealkylation sites (tertiary alicyclic amines) is 1. The number of hydrogen-bond donors (Lipinski definition) is 1. The maximum Gasteiger partial charge on any atom is 0.272 e. The lowest BCUT2D eigenvalue weighted by atomic mass is 10.1. The van der Waals surface area contributed by atoms with Crippen molar-refractivity contribution in [1.82, 2.24) is 9.88 Å². The van der Waals surface area contributed by atoms with Gasteiger partial charge in [0.25, 0.3) is 5.91 Å². The molecule has 4 nitrogen and oxygen atoms in total. The van der Waals surface area contributed by atoms with E-state index in [1.165, 1.54) is 0 Å². The fourth-order valence-corrected chi connectivity index (χ4v) is 2.34. The Balaban J connectivity index is 2.13. The molecule has 1 N–H and O–H groups in total. The van der Waals surface area contributed by atoms with Crippen molar-refractivity contribution < 1.29 is 4.79 Å². The molecule has 17 heavy (non-hydrogen) atoms. The van der Waals surface area contributed by atoms with Crippen LogP contribution in [0.1, 0.15) is 36.7 Å². The van der Waals surface area contributed by atoms with Crippen LogP contribution in [0.25, 0.3) is 0 Å². The zero-order chi connectivity index (χ0) is 12.3. The van der Waals surface area contributed by atoms with Crippen molar-refractivity contribution in [3.63, 3.8) is 0 Å². The number of rotatable bonds is 3. The topological polar surface area (TPSA) is 45.2 Å². The quantitative estimate of drug-likeness (QED) is 0.870. The van der Waals surface area contributed by atoms with Crippen molar-refractivity contribution >= 4 is 11.6 Å². The lowest BCUT2D eigenvalue weighted by Gasteiger charge is -2.23. The Labute approximate surface area is 102 Å². The molecule has 0 bridgehead atoms. The Bertz CT molecular complexity index is 388. The summed E-state index contributed by atoms with van der Waals surface area (Å²) in [7, 11) is 1.84. The Morgan fingerprint density at radius 3 is 3.00 bits per heavy atom. The second-order valence-electron chi connectivity index (χ2n) is 4.38. The molecule has 1 saturated heterocycles. The molecular formula is C13H19N3O. The van der Waals surface area contributed by atoms with E-state index >= 15 is 0 Å². The van der Waals surface area contributed by atoms with E-state index in [9.17, 15) is 4.79 Å². The van der Waals surface area contributed by atoms with Crippen molar-refractivity contribution in [2.45, 2.75) is 32.2 Å². The molecule has 4 heteroatoms. The summed E-state index contributed by atoms with van der Waals surface area (Å²) in [6.07, 6.45) is 4.96. The number of nitrogens with zero attached hydrogens (tertiary/aromatic N) is 2. The molecule has 1 amide bonds. The normalized spacial score (nSPS) is 19.4. The number of nitrogens with one attached hydrogen (secondary N) is 1. The van der Waals surface area contributed by atoms with Crippen LogP contribution in [-0.4, -0.2) is 35.4 Å². The molecule has 1 aliphatic heterocycles. The standard InChI is InChI=1S/C13H19N3O/c1-3-11-5-4-8-16(11)13(17)12-7-6-10(14-2)9-15-12/h6-7,9,11,14H,3-5,8H2,1-2H3. The Kier molecular flexibility index (Phi) is 3.61. The van der Waals surface area contributed by atoms with E-state index in [0.29, 0.717) is 11.7 Å². The van der Waals surface area contributed by atoms with E-state index in [1.54, 1.807) is 12.3 Å². The van der Waals surface area contributed by atoms with Gasteiger partial charge in [0.2, 0.25) is 0 Å². The first-order chi connectivity index (χ1) is 8.26. The van der Waals surface area contributed by atoms with Crippen molar-refractivity contribution in [3.05, 3.63) is 24.0 Å². The third kappa shape index (κ3) is 2.40. The van der Waals surface area contributed by atoms with Gasteiger partial charge in [-0.2, -0.15) is 0 Å². The van der Waals surface area contributed by atoms with E-state index in [-0.39, 0.29) is 5.91 Å². The maximum absolute atomic E-state index is 12.3. The highest BCUT2D eigenvalue weighted by atomic mass is 16.2. The van der Waals surface area contributed by atoms with Gasteiger partial charge in [0.05, 0.1) is 11.9 Å². The fraction of sp³-hybridized carbons (Fsp3) is 0.538. The van der Waals surface area contributed by atoms with Gasteiger partial charge >= 0.3 is 0 Å². The van der Waals surface area contributed by atoms with Gasteiger partial charge in [-0.3, -0.25) is 4.79 Å². The minimum Gasteiger partial charge on any atom is -0.387 e. The van der Waals surface area contributed by atoms with Crippen molar-refractivity contribution in [2.24, 2.45) is 0 Å². The summed E-state index contributed by atoms with van der Waals surface area (Å²) in [5.74, 6) is 0.0667. The first-order valence-electron chi connectivity index (χ1n) is 6.21. The third-order valence-corrected chi connectivity index (χ3v) is 3.38. The van der Waals surface area contributed by atoms with Crippen molar-refractivity contribution in [2.75, 3.05) is 18.9 Å². The predicted molar refractivity (Wildman–Crippen MR) is 68.1 cm³/mol. The number of aromatic nitrogens is 1. The van der Waals surface area contributed by atoms with Crippen molar-refractivity contribution in [3.8, 4) is 0 Å². The number of carbonyl (C=O) groups is 1. The van der Waals surface area contributed by atoms with Gasteiger partial charge in [-0.1, -0.05) is 6.92 Å². The average molecular weight is 233 g/mol. The second-order valence-corrected chi connectivity index (χ2v) is 4.38. The molecule has 0 aliphatic carbocycles. The summed E-state index contributed by atoms with van der Waals surface area (Å²) in [5.41, 5.74) is 1.47. The van der Waals surface area contributed by atoms with Crippen LogP contribution in [0.15, 0.2) is 18.3 Å². The Morgan fingerprint density at radius 1 is 1.59 bits per heavy atom. The molecule has 2 rings (SSSR count). The Hall–Kier alpha value is -1.58. The van der Waals surface area contributed by atoms with E-state index in [4.69, 9.17) is 0 Å². The van der Waals surface area contributed by atoms with Crippen LogP contribution in [0.2, 0.25) is 0 Å². The summed E-state index contributed by atoms with van der Waals surface area (Å²) in [6, 6.07) is 4.07. The number of amides is 1. The fourth-order valence-electron chi connectivity index (χ4n) is 2.34. The molecule has 0 spiro atoms. The minimum atomic E-state index is 0.0667. The van der Waals surface area contributed by atoms with Crippen LogP contribution in [-0.2, 0) is 0 Å². The van der Waals surface area contributed by atoms with Gasteiger partial charge < -0.3 is 10.2 Å². The number of anilines is 1. The van der Waals surface area contributed by atoms with Gasteiger partial charge in [-0.05, 0) is 31.4 Å². The largest absolute Gasteiger partial charge is 0.387 e. The highest BCUT2D eigenvalue weighted by Crippen LogP contribution is 2.21. The molecule has 92 valence electrons. The maximum atomic E-state index is 12.3. The van der Waals surface area contributed by atoms with Gasteiger partial charge in [0.1, 0.15) is 5.69 Å². The van der Waals surface area contributed by atoms with E-state index < -0.39 is 0 Å². The summed E-state index contributed by atoms with van der Waals surface area (Å²) in [4.78, 5) is 18.4. The predicted octanol–water partition coefficient (Wildman–Crippen LogP) is 2.14. The molecular weight excluding hydrogens is 214 g/mol. The van der Waals surface area contributed by atoms with Crippen LogP contribution >= 0.6 is 0 Å². The van der Waals surface area contributed by atoms with Crippen LogP contribution in [0.4, 0.5) is 5.69 Å². The minimum absolute atomic E-state index is 0.0667. The molecule has 2 heterocycles. The zero-order valence-corrected chi connectivity index (χ0v) is 10.4. The molecule has 1 aromatic heterocycles. The van der Waals surface area contributed by atoms with Gasteiger partial charge in [0, 0.05) is 19.6 Å². The van der Waals surface area contributed by atoms with Gasteiger partial charge in [0.15, 0.2) is 0 Å². The molecule has 0 saturated carbocycles. The highest BCUT2D eigenvalue weighted by molar-refractivity contribution is 5.92. The molecule has 1 aliphatic rings. The molecule has 1 fully saturated rings. The summed E-state index contributed by atoms with van der Waals surface area (Å²) >= 11 is 0. The highest BCUT2D eigenvalue weighted by Gasteiger charge is 2.28. The zero-order valence-electron chi connectivity index (χ0n) is 10.4. The summed E-state index contributed by atoms with van der Waals surface area (Å²) in [5, 5.41) is 3.00. The smallest absolute Gasteiger partial charge is 0.272 e. The SMILES string of the molecule is CCC1CCCN1C(=O)c1ccc(NC)cn1. The number of hydrogen-bond acceptors (Lipinski definition) is 3. The summed E-state index contributed by atoms with van der Waals surface area (Å²) in [6.45, 7) is 3.00. The van der Waals surface area contributed by atoms with Gasteiger partial charge in [-0.15, -0.1) is 0 Å². The number of pyridine rings is 1. The van der Waals surface area contributed by atoms with Crippen molar-refractivity contribution in [1.29, 1.82) is 0 Å².